The third-order valence-electron chi connectivity index (χ3n) is 3.23. The Balaban J connectivity index is 1.90. The summed E-state index contributed by atoms with van der Waals surface area (Å²) in [5, 5.41) is 16.9. The van der Waals surface area contributed by atoms with E-state index in [1.807, 2.05) is 12.1 Å². The molecule has 20 heavy (non-hydrogen) atoms. The van der Waals surface area contributed by atoms with Gasteiger partial charge in [-0.15, -0.1) is 5.10 Å². The van der Waals surface area contributed by atoms with Crippen molar-refractivity contribution in [1.82, 2.24) is 10.2 Å². The van der Waals surface area contributed by atoms with Gasteiger partial charge < -0.3 is 9.84 Å². The summed E-state index contributed by atoms with van der Waals surface area (Å²) < 4.78 is 5.59. The summed E-state index contributed by atoms with van der Waals surface area (Å²) in [6.45, 7) is 1.69. The minimum absolute atomic E-state index is 0.0225. The molecular formula is C15H14N2O3. The summed E-state index contributed by atoms with van der Waals surface area (Å²) in [5.41, 5.74) is 1.79. The van der Waals surface area contributed by atoms with Crippen molar-refractivity contribution in [2.75, 3.05) is 0 Å². The van der Waals surface area contributed by atoms with Crippen LogP contribution in [0.15, 0.2) is 30.3 Å². The van der Waals surface area contributed by atoms with Gasteiger partial charge in [0, 0.05) is 0 Å². The molecular weight excluding hydrogens is 256 g/mol. The highest BCUT2D eigenvalue weighted by Gasteiger charge is 2.24. The number of carboxylic acid groups (broad SMARTS) is 1. The highest BCUT2D eigenvalue weighted by atomic mass is 16.5. The molecule has 5 nitrogen and oxygen atoms in total. The molecule has 1 saturated carbocycles. The van der Waals surface area contributed by atoms with Gasteiger partial charge in [-0.05, 0) is 49.4 Å². The number of rotatable bonds is 4. The van der Waals surface area contributed by atoms with Crippen LogP contribution in [0.5, 0.6) is 11.6 Å². The summed E-state index contributed by atoms with van der Waals surface area (Å²) in [7, 11) is 0. The van der Waals surface area contributed by atoms with Crippen LogP contribution in [0.1, 0.15) is 40.4 Å². The Hall–Kier alpha value is -2.43. The summed E-state index contributed by atoms with van der Waals surface area (Å²) >= 11 is 0. The number of benzene rings is 1. The molecule has 1 aliphatic carbocycles. The largest absolute Gasteiger partial charge is 0.477 e. The molecule has 0 radical (unpaired) electrons. The van der Waals surface area contributed by atoms with Crippen LogP contribution in [0.2, 0.25) is 0 Å². The first kappa shape index (κ1) is 12.6. The van der Waals surface area contributed by atoms with Gasteiger partial charge in [0.15, 0.2) is 0 Å². The van der Waals surface area contributed by atoms with E-state index in [-0.39, 0.29) is 11.4 Å². The molecule has 1 N–H and O–H groups in total. The van der Waals surface area contributed by atoms with Crippen molar-refractivity contribution in [3.63, 3.8) is 0 Å². The summed E-state index contributed by atoms with van der Waals surface area (Å²) in [4.78, 5) is 11.2. The van der Waals surface area contributed by atoms with E-state index in [0.29, 0.717) is 17.4 Å². The van der Waals surface area contributed by atoms with E-state index in [2.05, 4.69) is 16.3 Å². The van der Waals surface area contributed by atoms with Gasteiger partial charge in [0.05, 0.1) is 5.69 Å². The molecule has 1 heterocycles. The van der Waals surface area contributed by atoms with Crippen LogP contribution in [-0.2, 0) is 0 Å². The maximum atomic E-state index is 11.2. The quantitative estimate of drug-likeness (QED) is 0.923. The number of carbonyl (C=O) groups is 1. The number of ether oxygens (including phenoxy) is 1. The summed E-state index contributed by atoms with van der Waals surface area (Å²) in [5.74, 6) is 0.157. The van der Waals surface area contributed by atoms with Crippen molar-refractivity contribution in [2.45, 2.75) is 25.7 Å². The molecule has 3 rings (SSSR count). The van der Waals surface area contributed by atoms with Gasteiger partial charge in [0.1, 0.15) is 11.3 Å². The first-order valence-electron chi connectivity index (χ1n) is 6.49. The zero-order valence-electron chi connectivity index (χ0n) is 11.0. The van der Waals surface area contributed by atoms with Crippen LogP contribution >= 0.6 is 0 Å². The molecule has 0 amide bonds. The lowest BCUT2D eigenvalue weighted by Crippen LogP contribution is -2.04. The highest BCUT2D eigenvalue weighted by Crippen LogP contribution is 2.41. The second-order valence-corrected chi connectivity index (χ2v) is 4.96. The molecule has 0 saturated heterocycles. The zero-order valence-corrected chi connectivity index (χ0v) is 11.0. The Morgan fingerprint density at radius 2 is 2.10 bits per heavy atom. The summed E-state index contributed by atoms with van der Waals surface area (Å²) in [6.07, 6.45) is 2.41. The molecule has 1 fully saturated rings. The molecule has 1 aromatic heterocycles. The number of aryl methyl sites for hydroxylation is 1. The first-order chi connectivity index (χ1) is 9.63. The van der Waals surface area contributed by atoms with Gasteiger partial charge in [-0.1, -0.05) is 12.1 Å². The van der Waals surface area contributed by atoms with Crippen LogP contribution in [0.25, 0.3) is 0 Å². The monoisotopic (exact) mass is 270 g/mol. The SMILES string of the molecule is Cc1cc(C(=O)O)c(Oc2cccc(C3CC3)c2)nn1. The van der Waals surface area contributed by atoms with E-state index in [0.717, 1.165) is 0 Å². The van der Waals surface area contributed by atoms with Crippen molar-refractivity contribution in [2.24, 2.45) is 0 Å². The van der Waals surface area contributed by atoms with Crippen LogP contribution in [0.3, 0.4) is 0 Å². The lowest BCUT2D eigenvalue weighted by Gasteiger charge is -2.08. The number of hydrogen-bond acceptors (Lipinski definition) is 4. The normalized spacial score (nSPS) is 14.1. The highest BCUT2D eigenvalue weighted by molar-refractivity contribution is 5.90. The van der Waals surface area contributed by atoms with Crippen molar-refractivity contribution in [3.05, 3.63) is 47.2 Å². The Kier molecular flexibility index (Phi) is 3.10. The smallest absolute Gasteiger partial charge is 0.341 e. The van der Waals surface area contributed by atoms with Crippen LogP contribution in [0, 0.1) is 6.92 Å². The fraction of sp³-hybridized carbons (Fsp3) is 0.267. The maximum Gasteiger partial charge on any atom is 0.341 e. The zero-order chi connectivity index (χ0) is 14.1. The lowest BCUT2D eigenvalue weighted by atomic mass is 10.1. The van der Waals surface area contributed by atoms with Gasteiger partial charge >= 0.3 is 5.97 Å². The lowest BCUT2D eigenvalue weighted by molar-refractivity contribution is 0.0693. The Morgan fingerprint density at radius 3 is 2.80 bits per heavy atom. The molecule has 5 heteroatoms. The van der Waals surface area contributed by atoms with E-state index >= 15 is 0 Å². The van der Waals surface area contributed by atoms with Crippen LogP contribution < -0.4 is 4.74 Å². The molecule has 0 bridgehead atoms. The Bertz CT molecular complexity index is 666. The van der Waals surface area contributed by atoms with E-state index in [4.69, 9.17) is 4.74 Å². The van der Waals surface area contributed by atoms with Crippen molar-refractivity contribution in [3.8, 4) is 11.6 Å². The number of hydrogen-bond donors (Lipinski definition) is 1. The third-order valence-corrected chi connectivity index (χ3v) is 3.23. The van der Waals surface area contributed by atoms with Crippen LogP contribution in [0.4, 0.5) is 0 Å². The predicted molar refractivity (Wildman–Crippen MR) is 72.2 cm³/mol. The number of aromatic nitrogens is 2. The van der Waals surface area contributed by atoms with Crippen LogP contribution in [-0.4, -0.2) is 21.3 Å². The molecule has 0 unspecified atom stereocenters. The topological polar surface area (TPSA) is 72.3 Å². The molecule has 1 aliphatic rings. The van der Waals surface area contributed by atoms with E-state index < -0.39 is 5.97 Å². The summed E-state index contributed by atoms with van der Waals surface area (Å²) in [6, 6.07) is 9.15. The molecule has 2 aromatic rings. The fourth-order valence-corrected chi connectivity index (χ4v) is 2.07. The van der Waals surface area contributed by atoms with E-state index in [1.165, 1.54) is 24.5 Å². The standard InChI is InChI=1S/C15H14N2O3/c1-9-7-13(15(18)19)14(17-16-9)20-12-4-2-3-11(8-12)10-5-6-10/h2-4,7-8,10H,5-6H2,1H3,(H,18,19). The predicted octanol–water partition coefficient (Wildman–Crippen LogP) is 3.15. The van der Waals surface area contributed by atoms with Gasteiger partial charge in [0.25, 0.3) is 5.88 Å². The average molecular weight is 270 g/mol. The molecule has 0 aliphatic heterocycles. The molecule has 0 spiro atoms. The van der Waals surface area contributed by atoms with Gasteiger partial charge in [-0.2, -0.15) is 5.10 Å². The second kappa shape index (κ2) is 4.92. The van der Waals surface area contributed by atoms with Gasteiger partial charge in [0.2, 0.25) is 0 Å². The first-order valence-corrected chi connectivity index (χ1v) is 6.49. The molecule has 102 valence electrons. The van der Waals surface area contributed by atoms with E-state index in [1.54, 1.807) is 13.0 Å². The molecule has 1 aromatic carbocycles. The van der Waals surface area contributed by atoms with Gasteiger partial charge in [-0.25, -0.2) is 4.79 Å². The number of carboxylic acids is 1. The number of nitrogens with zero attached hydrogens (tertiary/aromatic N) is 2. The average Bonchev–Trinajstić information content (AvgIpc) is 3.25. The third kappa shape index (κ3) is 2.61. The minimum atomic E-state index is -1.07. The minimum Gasteiger partial charge on any atom is -0.477 e. The maximum absolute atomic E-state index is 11.2. The molecule has 0 atom stereocenters. The fourth-order valence-electron chi connectivity index (χ4n) is 2.07. The van der Waals surface area contributed by atoms with Gasteiger partial charge in [-0.3, -0.25) is 0 Å². The Labute approximate surface area is 116 Å². The van der Waals surface area contributed by atoms with Crippen molar-refractivity contribution < 1.29 is 14.6 Å². The Morgan fingerprint density at radius 1 is 1.30 bits per heavy atom. The second-order valence-electron chi connectivity index (χ2n) is 4.96. The van der Waals surface area contributed by atoms with E-state index in [9.17, 15) is 9.90 Å². The number of aromatic carboxylic acids is 1. The van der Waals surface area contributed by atoms with Crippen molar-refractivity contribution >= 4 is 5.97 Å². The van der Waals surface area contributed by atoms with Crippen molar-refractivity contribution in [1.29, 1.82) is 0 Å².